The van der Waals surface area contributed by atoms with Crippen LogP contribution in [0, 0.1) is 0 Å². The topological polar surface area (TPSA) is 101 Å². The van der Waals surface area contributed by atoms with E-state index in [-0.39, 0.29) is 5.91 Å². The van der Waals surface area contributed by atoms with Gasteiger partial charge in [0.15, 0.2) is 0 Å². The summed E-state index contributed by atoms with van der Waals surface area (Å²) in [5.41, 5.74) is 6.54. The maximum Gasteiger partial charge on any atom is 0.259 e. The van der Waals surface area contributed by atoms with Gasteiger partial charge >= 0.3 is 0 Å². The minimum atomic E-state index is -0.241. The molecular formula is C25H17N7O. The number of hydrogen-bond acceptors (Lipinski definition) is 5. The van der Waals surface area contributed by atoms with E-state index < -0.39 is 0 Å². The number of rotatable bonds is 4. The van der Waals surface area contributed by atoms with Crippen molar-refractivity contribution in [2.45, 2.75) is 0 Å². The highest BCUT2D eigenvalue weighted by atomic mass is 16.1. The Morgan fingerprint density at radius 1 is 0.909 bits per heavy atom. The molecule has 0 fully saturated rings. The molecule has 0 radical (unpaired) electrons. The minimum absolute atomic E-state index is 0.241. The molecule has 158 valence electrons. The van der Waals surface area contributed by atoms with Crippen LogP contribution in [0.15, 0.2) is 92.0 Å². The first-order valence-electron chi connectivity index (χ1n) is 10.3. The highest BCUT2D eigenvalue weighted by molar-refractivity contribution is 6.09. The van der Waals surface area contributed by atoms with Gasteiger partial charge < -0.3 is 10.3 Å². The molecule has 1 amide bonds. The molecule has 6 heterocycles. The second kappa shape index (κ2) is 7.69. The maximum absolute atomic E-state index is 12.9. The van der Waals surface area contributed by atoms with Gasteiger partial charge in [0.2, 0.25) is 0 Å². The third-order valence-corrected chi connectivity index (χ3v) is 5.52. The van der Waals surface area contributed by atoms with E-state index in [0.717, 1.165) is 33.3 Å². The number of anilines is 1. The molecule has 0 aliphatic rings. The molecule has 0 aliphatic heterocycles. The molecule has 0 saturated carbocycles. The summed E-state index contributed by atoms with van der Waals surface area (Å²) in [6.45, 7) is 0. The van der Waals surface area contributed by atoms with Crippen molar-refractivity contribution >= 4 is 28.1 Å². The molecule has 6 aromatic heterocycles. The van der Waals surface area contributed by atoms with Crippen LogP contribution in [0.2, 0.25) is 0 Å². The number of aromatic nitrogens is 6. The van der Waals surface area contributed by atoms with Gasteiger partial charge in [0, 0.05) is 59.3 Å². The molecular weight excluding hydrogens is 414 g/mol. The van der Waals surface area contributed by atoms with E-state index in [4.69, 9.17) is 0 Å². The monoisotopic (exact) mass is 431 g/mol. The van der Waals surface area contributed by atoms with Crippen LogP contribution in [0.5, 0.6) is 0 Å². The van der Waals surface area contributed by atoms with Crippen molar-refractivity contribution in [3.63, 3.8) is 0 Å². The fraction of sp³-hybridized carbons (Fsp3) is 0. The minimum Gasteiger partial charge on any atom is -0.346 e. The lowest BCUT2D eigenvalue weighted by molar-refractivity contribution is 0.102. The van der Waals surface area contributed by atoms with Gasteiger partial charge in [0.05, 0.1) is 29.2 Å². The second-order valence-electron chi connectivity index (χ2n) is 7.56. The van der Waals surface area contributed by atoms with Crippen molar-refractivity contribution in [2.75, 3.05) is 5.32 Å². The van der Waals surface area contributed by atoms with Crippen LogP contribution in [-0.2, 0) is 0 Å². The lowest BCUT2D eigenvalue weighted by Gasteiger charge is -2.06. The Morgan fingerprint density at radius 2 is 1.79 bits per heavy atom. The van der Waals surface area contributed by atoms with E-state index in [9.17, 15) is 4.79 Å². The van der Waals surface area contributed by atoms with Crippen LogP contribution < -0.4 is 5.32 Å². The summed E-state index contributed by atoms with van der Waals surface area (Å²) in [7, 11) is 0. The van der Waals surface area contributed by atoms with Crippen LogP contribution in [0.25, 0.3) is 38.8 Å². The predicted molar refractivity (Wildman–Crippen MR) is 126 cm³/mol. The Labute approximate surface area is 188 Å². The highest BCUT2D eigenvalue weighted by Crippen LogP contribution is 2.32. The van der Waals surface area contributed by atoms with Crippen molar-refractivity contribution < 1.29 is 4.79 Å². The number of fused-ring (bicyclic) bond motifs is 2. The Kier molecular flexibility index (Phi) is 4.40. The number of H-pyrrole nitrogens is 1. The summed E-state index contributed by atoms with van der Waals surface area (Å²) in [5, 5.41) is 8.19. The summed E-state index contributed by atoms with van der Waals surface area (Å²) in [4.78, 5) is 29.0. The third-order valence-electron chi connectivity index (χ3n) is 5.52. The number of amides is 1. The SMILES string of the molecule is O=C(Nc1cccnc1)c1cnn2ccc(-c3c[nH]c4ncc(-c5cccnc5)cc34)cc12. The summed E-state index contributed by atoms with van der Waals surface area (Å²) in [6, 6.07) is 13.5. The van der Waals surface area contributed by atoms with Crippen LogP contribution in [0.3, 0.4) is 0 Å². The molecule has 0 atom stereocenters. The largest absolute Gasteiger partial charge is 0.346 e. The average Bonchev–Trinajstić information content (AvgIpc) is 3.48. The molecule has 2 N–H and O–H groups in total. The normalized spacial score (nSPS) is 11.2. The standard InChI is InChI=1S/C25H17N7O/c33-25(31-19-4-2-7-27-13-19)22-15-30-32-8-5-16(10-23(22)32)21-14-29-24-20(21)9-18(12-28-24)17-3-1-6-26-11-17/h1-15H,(H,28,29)(H,31,33). The summed E-state index contributed by atoms with van der Waals surface area (Å²) >= 11 is 0. The Morgan fingerprint density at radius 3 is 2.61 bits per heavy atom. The number of carbonyl (C=O) groups excluding carboxylic acids is 1. The van der Waals surface area contributed by atoms with Crippen molar-refractivity contribution in [1.82, 2.24) is 29.5 Å². The number of aromatic amines is 1. The van der Waals surface area contributed by atoms with Crippen LogP contribution >= 0.6 is 0 Å². The van der Waals surface area contributed by atoms with Crippen LogP contribution in [-0.4, -0.2) is 35.5 Å². The second-order valence-corrected chi connectivity index (χ2v) is 7.56. The zero-order chi connectivity index (χ0) is 22.2. The van der Waals surface area contributed by atoms with Gasteiger partial charge in [0.1, 0.15) is 5.65 Å². The first-order chi connectivity index (χ1) is 16.3. The lowest BCUT2D eigenvalue weighted by Crippen LogP contribution is -2.11. The zero-order valence-corrected chi connectivity index (χ0v) is 17.3. The smallest absolute Gasteiger partial charge is 0.259 e. The van der Waals surface area contributed by atoms with Gasteiger partial charge in [-0.25, -0.2) is 9.50 Å². The van der Waals surface area contributed by atoms with E-state index in [1.54, 1.807) is 41.4 Å². The number of carbonyl (C=O) groups is 1. The van der Waals surface area contributed by atoms with Crippen LogP contribution in [0.1, 0.15) is 10.4 Å². The van der Waals surface area contributed by atoms with E-state index in [2.05, 4.69) is 36.4 Å². The van der Waals surface area contributed by atoms with Gasteiger partial charge in [0.25, 0.3) is 5.91 Å². The highest BCUT2D eigenvalue weighted by Gasteiger charge is 2.16. The first-order valence-corrected chi connectivity index (χ1v) is 10.3. The predicted octanol–water partition coefficient (Wildman–Crippen LogP) is 4.59. The Balaban J connectivity index is 1.42. The Bertz CT molecular complexity index is 1600. The quantitative estimate of drug-likeness (QED) is 0.425. The molecule has 0 spiro atoms. The lowest BCUT2D eigenvalue weighted by atomic mass is 10.0. The van der Waals surface area contributed by atoms with Gasteiger partial charge in [-0.1, -0.05) is 6.07 Å². The molecule has 0 saturated heterocycles. The van der Waals surface area contributed by atoms with Crippen molar-refractivity contribution in [2.24, 2.45) is 0 Å². The van der Waals surface area contributed by atoms with Crippen molar-refractivity contribution in [1.29, 1.82) is 0 Å². The van der Waals surface area contributed by atoms with Gasteiger partial charge in [-0.05, 0) is 42.0 Å². The molecule has 6 rings (SSSR count). The summed E-state index contributed by atoms with van der Waals surface area (Å²) in [5.74, 6) is -0.241. The molecule has 6 aromatic rings. The molecule has 0 bridgehead atoms. The number of nitrogens with one attached hydrogen (secondary N) is 2. The van der Waals surface area contributed by atoms with Crippen molar-refractivity contribution in [3.05, 3.63) is 97.6 Å². The average molecular weight is 431 g/mol. The molecule has 0 aromatic carbocycles. The molecule has 8 heteroatoms. The van der Waals surface area contributed by atoms with Gasteiger partial charge in [-0.3, -0.25) is 14.8 Å². The van der Waals surface area contributed by atoms with E-state index in [1.165, 1.54) is 0 Å². The molecule has 0 aliphatic carbocycles. The molecule has 0 unspecified atom stereocenters. The molecule has 8 nitrogen and oxygen atoms in total. The van der Waals surface area contributed by atoms with E-state index in [1.807, 2.05) is 49.1 Å². The third kappa shape index (κ3) is 3.39. The van der Waals surface area contributed by atoms with Crippen LogP contribution in [0.4, 0.5) is 5.69 Å². The van der Waals surface area contributed by atoms with Gasteiger partial charge in [-0.2, -0.15) is 5.10 Å². The summed E-state index contributed by atoms with van der Waals surface area (Å²) in [6.07, 6.45) is 14.0. The van der Waals surface area contributed by atoms with E-state index in [0.29, 0.717) is 16.8 Å². The number of nitrogens with zero attached hydrogens (tertiary/aromatic N) is 5. The van der Waals surface area contributed by atoms with E-state index >= 15 is 0 Å². The Hall–Kier alpha value is -4.85. The summed E-state index contributed by atoms with van der Waals surface area (Å²) < 4.78 is 1.69. The number of hydrogen-bond donors (Lipinski definition) is 2. The fourth-order valence-corrected chi connectivity index (χ4v) is 3.89. The van der Waals surface area contributed by atoms with Crippen molar-refractivity contribution in [3.8, 4) is 22.3 Å². The zero-order valence-electron chi connectivity index (χ0n) is 17.3. The van der Waals surface area contributed by atoms with Gasteiger partial charge in [-0.15, -0.1) is 0 Å². The molecule has 33 heavy (non-hydrogen) atoms. The first kappa shape index (κ1) is 18.9. The number of pyridine rings is 4. The fourth-order valence-electron chi connectivity index (χ4n) is 3.89. The maximum atomic E-state index is 12.9.